The zero-order valence-electron chi connectivity index (χ0n) is 11.1. The number of hydrogen-bond donors (Lipinski definition) is 1. The van der Waals surface area contributed by atoms with Crippen molar-refractivity contribution in [2.45, 2.75) is 31.1 Å². The van der Waals surface area contributed by atoms with Crippen LogP contribution >= 0.6 is 11.6 Å². The zero-order chi connectivity index (χ0) is 15.6. The van der Waals surface area contributed by atoms with Crippen LogP contribution in [-0.4, -0.2) is 36.4 Å². The number of piperidine rings is 1. The van der Waals surface area contributed by atoms with E-state index in [9.17, 15) is 17.6 Å². The van der Waals surface area contributed by atoms with Crippen LogP contribution in [0, 0.1) is 5.82 Å². The molecule has 1 aromatic carbocycles. The van der Waals surface area contributed by atoms with E-state index in [-0.39, 0.29) is 11.6 Å². The minimum absolute atomic E-state index is 0.156. The Kier molecular flexibility index (Phi) is 4.85. The molecule has 0 aromatic heterocycles. The molecule has 5 nitrogen and oxygen atoms in total. The molecule has 0 aliphatic carbocycles. The molecule has 0 radical (unpaired) electrons. The Balaban J connectivity index is 2.23. The number of aliphatic carboxylic acids is 1. The minimum Gasteiger partial charge on any atom is -0.480 e. The number of carboxylic acid groups (broad SMARTS) is 1. The van der Waals surface area contributed by atoms with E-state index in [1.54, 1.807) is 0 Å². The molecule has 0 amide bonds. The van der Waals surface area contributed by atoms with Crippen LogP contribution in [-0.2, 0) is 20.6 Å². The van der Waals surface area contributed by atoms with Crippen LogP contribution in [0.25, 0.3) is 0 Å². The predicted octanol–water partition coefficient (Wildman–Crippen LogP) is 2.25. The third-order valence-corrected chi connectivity index (χ3v) is 5.57. The SMILES string of the molecule is O=C(O)C1CCCCN1S(=O)(=O)Cc1ccc(F)c(Cl)c1. The lowest BCUT2D eigenvalue weighted by Gasteiger charge is -2.31. The second kappa shape index (κ2) is 6.29. The number of nitrogens with zero attached hydrogens (tertiary/aromatic N) is 1. The first-order chi connectivity index (χ1) is 9.81. The van der Waals surface area contributed by atoms with E-state index in [1.165, 1.54) is 12.1 Å². The van der Waals surface area contributed by atoms with Gasteiger partial charge >= 0.3 is 5.97 Å². The summed E-state index contributed by atoms with van der Waals surface area (Å²) in [5, 5.41) is 8.99. The number of carboxylic acids is 1. The van der Waals surface area contributed by atoms with Gasteiger partial charge in [-0.2, -0.15) is 4.31 Å². The summed E-state index contributed by atoms with van der Waals surface area (Å²) in [6, 6.07) is 2.64. The Labute approximate surface area is 127 Å². The summed E-state index contributed by atoms with van der Waals surface area (Å²) in [6.45, 7) is 0.189. The molecule has 1 N–H and O–H groups in total. The molecule has 1 saturated heterocycles. The van der Waals surface area contributed by atoms with E-state index < -0.39 is 33.6 Å². The van der Waals surface area contributed by atoms with E-state index in [1.807, 2.05) is 0 Å². The number of halogens is 2. The van der Waals surface area contributed by atoms with Gasteiger partial charge < -0.3 is 5.11 Å². The highest BCUT2D eigenvalue weighted by molar-refractivity contribution is 7.88. The topological polar surface area (TPSA) is 74.7 Å². The summed E-state index contributed by atoms with van der Waals surface area (Å²) >= 11 is 5.63. The van der Waals surface area contributed by atoms with Crippen molar-refractivity contribution >= 4 is 27.6 Å². The van der Waals surface area contributed by atoms with Gasteiger partial charge in [0.1, 0.15) is 11.9 Å². The van der Waals surface area contributed by atoms with E-state index in [2.05, 4.69) is 0 Å². The number of carbonyl (C=O) groups is 1. The molecule has 21 heavy (non-hydrogen) atoms. The molecular formula is C13H15ClFNO4S. The van der Waals surface area contributed by atoms with E-state index in [0.29, 0.717) is 24.8 Å². The average Bonchev–Trinajstić information content (AvgIpc) is 2.42. The predicted molar refractivity (Wildman–Crippen MR) is 76.0 cm³/mol. The maximum absolute atomic E-state index is 13.1. The van der Waals surface area contributed by atoms with Crippen molar-refractivity contribution in [1.82, 2.24) is 4.31 Å². The summed E-state index contributed by atoms with van der Waals surface area (Å²) in [5.41, 5.74) is 0.330. The van der Waals surface area contributed by atoms with Gasteiger partial charge in [-0.1, -0.05) is 17.7 Å². The number of benzene rings is 1. The van der Waals surface area contributed by atoms with Gasteiger partial charge in [-0.25, -0.2) is 12.8 Å². The highest BCUT2D eigenvalue weighted by Gasteiger charge is 2.36. The van der Waals surface area contributed by atoms with Crippen molar-refractivity contribution in [2.75, 3.05) is 6.54 Å². The van der Waals surface area contributed by atoms with Crippen LogP contribution < -0.4 is 0 Å². The lowest BCUT2D eigenvalue weighted by atomic mass is 10.1. The van der Waals surface area contributed by atoms with Crippen molar-refractivity contribution in [1.29, 1.82) is 0 Å². The Morgan fingerprint density at radius 1 is 1.43 bits per heavy atom. The van der Waals surface area contributed by atoms with Crippen molar-refractivity contribution in [3.05, 3.63) is 34.6 Å². The van der Waals surface area contributed by atoms with Crippen LogP contribution in [0.4, 0.5) is 4.39 Å². The van der Waals surface area contributed by atoms with Gasteiger partial charge in [0.05, 0.1) is 10.8 Å². The van der Waals surface area contributed by atoms with Gasteiger partial charge in [0.2, 0.25) is 10.0 Å². The maximum Gasteiger partial charge on any atom is 0.322 e. The lowest BCUT2D eigenvalue weighted by Crippen LogP contribution is -2.48. The molecule has 1 fully saturated rings. The summed E-state index contributed by atoms with van der Waals surface area (Å²) < 4.78 is 38.9. The summed E-state index contributed by atoms with van der Waals surface area (Å²) in [4.78, 5) is 11.2. The molecule has 1 aliphatic rings. The van der Waals surface area contributed by atoms with Crippen molar-refractivity contribution < 1.29 is 22.7 Å². The normalized spacial score (nSPS) is 20.4. The smallest absolute Gasteiger partial charge is 0.322 e. The molecule has 1 aliphatic heterocycles. The molecule has 1 atom stereocenters. The second-order valence-corrected chi connectivity index (χ2v) is 7.29. The standard InChI is InChI=1S/C13H15ClFNO4S/c14-10-7-9(4-5-11(10)15)8-21(19,20)16-6-2-1-3-12(16)13(17)18/h4-5,7,12H,1-3,6,8H2,(H,17,18). The monoisotopic (exact) mass is 335 g/mol. The molecule has 1 aromatic rings. The van der Waals surface area contributed by atoms with Crippen LogP contribution in [0.1, 0.15) is 24.8 Å². The van der Waals surface area contributed by atoms with E-state index in [0.717, 1.165) is 10.4 Å². The van der Waals surface area contributed by atoms with Crippen LogP contribution in [0.3, 0.4) is 0 Å². The van der Waals surface area contributed by atoms with Crippen molar-refractivity contribution in [3.63, 3.8) is 0 Å². The maximum atomic E-state index is 13.1. The number of sulfonamides is 1. The first kappa shape index (κ1) is 16.2. The van der Waals surface area contributed by atoms with Gasteiger partial charge in [0.25, 0.3) is 0 Å². The summed E-state index contributed by atoms with van der Waals surface area (Å²) in [6.07, 6.45) is 1.62. The minimum atomic E-state index is -3.79. The molecule has 1 unspecified atom stereocenters. The van der Waals surface area contributed by atoms with Crippen molar-refractivity contribution in [2.24, 2.45) is 0 Å². The molecular weight excluding hydrogens is 321 g/mol. The third kappa shape index (κ3) is 3.72. The van der Waals surface area contributed by atoms with Crippen molar-refractivity contribution in [3.8, 4) is 0 Å². The fourth-order valence-electron chi connectivity index (χ4n) is 2.41. The first-order valence-corrected chi connectivity index (χ1v) is 8.46. The summed E-state index contributed by atoms with van der Waals surface area (Å²) in [5.74, 6) is -2.16. The summed E-state index contributed by atoms with van der Waals surface area (Å²) in [7, 11) is -3.79. The second-order valence-electron chi connectivity index (χ2n) is 4.97. The molecule has 2 rings (SSSR count). The fourth-order valence-corrected chi connectivity index (χ4v) is 4.37. The van der Waals surface area contributed by atoms with Gasteiger partial charge in [-0.05, 0) is 37.0 Å². The van der Waals surface area contributed by atoms with E-state index in [4.69, 9.17) is 16.7 Å². The molecule has 0 spiro atoms. The molecule has 1 heterocycles. The van der Waals surface area contributed by atoms with Gasteiger partial charge in [-0.15, -0.1) is 0 Å². The van der Waals surface area contributed by atoms with Crippen LogP contribution in [0.15, 0.2) is 18.2 Å². The molecule has 0 saturated carbocycles. The Morgan fingerprint density at radius 3 is 2.76 bits per heavy atom. The van der Waals surface area contributed by atoms with Crippen LogP contribution in [0.2, 0.25) is 5.02 Å². The van der Waals surface area contributed by atoms with Crippen LogP contribution in [0.5, 0.6) is 0 Å². The Morgan fingerprint density at radius 2 is 2.14 bits per heavy atom. The highest BCUT2D eigenvalue weighted by Crippen LogP contribution is 2.24. The van der Waals surface area contributed by atoms with Gasteiger partial charge in [-0.3, -0.25) is 4.79 Å². The Hall–Kier alpha value is -1.18. The molecule has 0 bridgehead atoms. The zero-order valence-corrected chi connectivity index (χ0v) is 12.7. The number of hydrogen-bond acceptors (Lipinski definition) is 3. The fraction of sp³-hybridized carbons (Fsp3) is 0.462. The Bertz CT molecular complexity index is 650. The average molecular weight is 336 g/mol. The quantitative estimate of drug-likeness (QED) is 0.915. The highest BCUT2D eigenvalue weighted by atomic mass is 35.5. The lowest BCUT2D eigenvalue weighted by molar-refractivity contribution is -0.142. The molecule has 8 heteroatoms. The van der Waals surface area contributed by atoms with E-state index >= 15 is 0 Å². The number of rotatable bonds is 4. The first-order valence-electron chi connectivity index (χ1n) is 6.47. The van der Waals surface area contributed by atoms with Gasteiger partial charge in [0.15, 0.2) is 0 Å². The largest absolute Gasteiger partial charge is 0.480 e. The third-order valence-electron chi connectivity index (χ3n) is 3.43. The van der Waals surface area contributed by atoms with Gasteiger partial charge in [0, 0.05) is 6.54 Å². The molecule has 116 valence electrons.